The van der Waals surface area contributed by atoms with Gasteiger partial charge in [0.25, 0.3) is 0 Å². The van der Waals surface area contributed by atoms with Crippen molar-refractivity contribution in [2.45, 2.75) is 85.2 Å². The summed E-state index contributed by atoms with van der Waals surface area (Å²) in [6.07, 6.45) is 5.98. The second-order valence-corrected chi connectivity index (χ2v) is 5.63. The van der Waals surface area contributed by atoms with E-state index in [1.807, 2.05) is 13.8 Å². The molecule has 0 aliphatic carbocycles. The van der Waals surface area contributed by atoms with Gasteiger partial charge in [-0.15, -0.1) is 0 Å². The van der Waals surface area contributed by atoms with Crippen molar-refractivity contribution in [3.05, 3.63) is 0 Å². The van der Waals surface area contributed by atoms with Crippen molar-refractivity contribution in [2.24, 2.45) is 5.92 Å². The third-order valence-electron chi connectivity index (χ3n) is 3.59. The van der Waals surface area contributed by atoms with Crippen LogP contribution in [0.2, 0.25) is 0 Å². The Balaban J connectivity index is 3.85. The van der Waals surface area contributed by atoms with Gasteiger partial charge < -0.3 is 9.47 Å². The minimum Gasteiger partial charge on any atom is -0.466 e. The van der Waals surface area contributed by atoms with Crippen molar-refractivity contribution < 1.29 is 19.1 Å². The first-order valence-corrected chi connectivity index (χ1v) is 8.40. The summed E-state index contributed by atoms with van der Waals surface area (Å²) < 4.78 is 10.5. The first-order chi connectivity index (χ1) is 10.0. The minimum atomic E-state index is -0.220. The predicted octanol–water partition coefficient (Wildman–Crippen LogP) is 4.26. The van der Waals surface area contributed by atoms with Gasteiger partial charge in [0.05, 0.1) is 6.61 Å². The Labute approximate surface area is 129 Å². The van der Waals surface area contributed by atoms with E-state index in [0.717, 1.165) is 32.1 Å². The van der Waals surface area contributed by atoms with Crippen LogP contribution in [0, 0.1) is 5.92 Å². The number of carbonyl (C=O) groups excluding carboxylic acids is 2. The van der Waals surface area contributed by atoms with Crippen molar-refractivity contribution >= 4 is 11.9 Å². The molecule has 0 aliphatic heterocycles. The van der Waals surface area contributed by atoms with E-state index in [0.29, 0.717) is 25.4 Å². The van der Waals surface area contributed by atoms with Gasteiger partial charge in [-0.2, -0.15) is 0 Å². The molecule has 0 aliphatic rings. The van der Waals surface area contributed by atoms with Gasteiger partial charge in [-0.3, -0.25) is 9.59 Å². The van der Waals surface area contributed by atoms with Crippen LogP contribution in [-0.4, -0.2) is 24.6 Å². The summed E-state index contributed by atoms with van der Waals surface area (Å²) >= 11 is 0. The molecule has 0 aromatic heterocycles. The quantitative estimate of drug-likeness (QED) is 0.399. The van der Waals surface area contributed by atoms with Crippen molar-refractivity contribution in [1.82, 2.24) is 0 Å². The molecule has 0 N–H and O–H groups in total. The van der Waals surface area contributed by atoms with Crippen LogP contribution in [0.1, 0.15) is 79.1 Å². The average molecular weight is 300 g/mol. The van der Waals surface area contributed by atoms with E-state index in [-0.39, 0.29) is 24.5 Å². The monoisotopic (exact) mass is 300 g/mol. The smallest absolute Gasteiger partial charge is 0.306 e. The molecule has 4 heteroatoms. The fourth-order valence-corrected chi connectivity index (χ4v) is 2.25. The zero-order valence-electron chi connectivity index (χ0n) is 14.2. The molecule has 0 fully saturated rings. The number of carbonyl (C=O) groups is 2. The second kappa shape index (κ2) is 12.7. The number of esters is 2. The van der Waals surface area contributed by atoms with Crippen LogP contribution >= 0.6 is 0 Å². The highest BCUT2D eigenvalue weighted by molar-refractivity contribution is 5.72. The van der Waals surface area contributed by atoms with Crippen LogP contribution in [0.25, 0.3) is 0 Å². The minimum absolute atomic E-state index is 0.00560. The maximum atomic E-state index is 11.8. The van der Waals surface area contributed by atoms with Crippen LogP contribution < -0.4 is 0 Å². The summed E-state index contributed by atoms with van der Waals surface area (Å²) in [5, 5.41) is 0. The van der Waals surface area contributed by atoms with E-state index >= 15 is 0 Å². The SMILES string of the molecule is CCCCOC(=O)CCCC(=O)OC(CC)C(C)CCC. The van der Waals surface area contributed by atoms with Crippen molar-refractivity contribution in [3.8, 4) is 0 Å². The summed E-state index contributed by atoms with van der Waals surface area (Å²) in [5.41, 5.74) is 0. The molecule has 124 valence electrons. The topological polar surface area (TPSA) is 52.6 Å². The lowest BCUT2D eigenvalue weighted by Crippen LogP contribution is -2.24. The highest BCUT2D eigenvalue weighted by Gasteiger charge is 2.19. The van der Waals surface area contributed by atoms with Crippen molar-refractivity contribution in [1.29, 1.82) is 0 Å². The van der Waals surface area contributed by atoms with Crippen molar-refractivity contribution in [3.63, 3.8) is 0 Å². The molecule has 0 radical (unpaired) electrons. The van der Waals surface area contributed by atoms with E-state index < -0.39 is 0 Å². The summed E-state index contributed by atoms with van der Waals surface area (Å²) in [6, 6.07) is 0. The molecule has 0 spiro atoms. The van der Waals surface area contributed by atoms with Crippen LogP contribution in [0.15, 0.2) is 0 Å². The number of unbranched alkanes of at least 4 members (excludes halogenated alkanes) is 1. The molecule has 0 aromatic carbocycles. The standard InChI is InChI=1S/C17H32O4/c1-5-8-13-20-16(18)11-9-12-17(19)21-15(7-3)14(4)10-6-2/h14-15H,5-13H2,1-4H3. The lowest BCUT2D eigenvalue weighted by atomic mass is 9.97. The molecule has 0 heterocycles. The number of ether oxygens (including phenoxy) is 2. The Morgan fingerprint density at radius 3 is 2.19 bits per heavy atom. The first kappa shape index (κ1) is 19.9. The van der Waals surface area contributed by atoms with Gasteiger partial charge in [0.15, 0.2) is 0 Å². The lowest BCUT2D eigenvalue weighted by Gasteiger charge is -2.22. The lowest BCUT2D eigenvalue weighted by molar-refractivity contribution is -0.152. The highest BCUT2D eigenvalue weighted by Crippen LogP contribution is 2.17. The van der Waals surface area contributed by atoms with E-state index in [1.165, 1.54) is 0 Å². The van der Waals surface area contributed by atoms with Crippen LogP contribution in [0.4, 0.5) is 0 Å². The molecule has 2 atom stereocenters. The van der Waals surface area contributed by atoms with Crippen LogP contribution in [0.3, 0.4) is 0 Å². The summed E-state index contributed by atoms with van der Waals surface area (Å²) in [4.78, 5) is 23.2. The maximum Gasteiger partial charge on any atom is 0.306 e. The Morgan fingerprint density at radius 1 is 0.952 bits per heavy atom. The Bertz CT molecular complexity index is 289. The molecular formula is C17H32O4. The largest absolute Gasteiger partial charge is 0.466 e. The fourth-order valence-electron chi connectivity index (χ4n) is 2.25. The van der Waals surface area contributed by atoms with Gasteiger partial charge in [0.1, 0.15) is 6.10 Å². The predicted molar refractivity (Wildman–Crippen MR) is 84.0 cm³/mol. The zero-order valence-corrected chi connectivity index (χ0v) is 14.2. The average Bonchev–Trinajstić information content (AvgIpc) is 2.45. The number of rotatable bonds is 12. The van der Waals surface area contributed by atoms with E-state index in [9.17, 15) is 9.59 Å². The van der Waals surface area contributed by atoms with E-state index in [4.69, 9.17) is 9.47 Å². The van der Waals surface area contributed by atoms with Gasteiger partial charge in [-0.1, -0.05) is 40.5 Å². The van der Waals surface area contributed by atoms with Crippen LogP contribution in [-0.2, 0) is 19.1 Å². The molecule has 21 heavy (non-hydrogen) atoms. The Morgan fingerprint density at radius 2 is 1.62 bits per heavy atom. The van der Waals surface area contributed by atoms with Crippen LogP contribution in [0.5, 0.6) is 0 Å². The summed E-state index contributed by atoms with van der Waals surface area (Å²) in [6.45, 7) is 8.82. The van der Waals surface area contributed by atoms with Gasteiger partial charge in [0, 0.05) is 12.8 Å². The molecule has 0 amide bonds. The molecule has 2 unspecified atom stereocenters. The van der Waals surface area contributed by atoms with Gasteiger partial charge in [-0.05, 0) is 31.6 Å². The molecule has 0 bridgehead atoms. The van der Waals surface area contributed by atoms with Crippen molar-refractivity contribution in [2.75, 3.05) is 6.61 Å². The zero-order chi connectivity index (χ0) is 16.1. The fraction of sp³-hybridized carbons (Fsp3) is 0.882. The molecular weight excluding hydrogens is 268 g/mol. The molecule has 4 nitrogen and oxygen atoms in total. The third-order valence-corrected chi connectivity index (χ3v) is 3.59. The molecule has 0 aromatic rings. The molecule has 0 saturated heterocycles. The Hall–Kier alpha value is -1.06. The normalized spacial score (nSPS) is 13.5. The Kier molecular flexibility index (Phi) is 12.0. The highest BCUT2D eigenvalue weighted by atomic mass is 16.5. The second-order valence-electron chi connectivity index (χ2n) is 5.63. The third kappa shape index (κ3) is 10.3. The van der Waals surface area contributed by atoms with Gasteiger partial charge >= 0.3 is 11.9 Å². The number of hydrogen-bond donors (Lipinski definition) is 0. The van der Waals surface area contributed by atoms with E-state index in [2.05, 4.69) is 13.8 Å². The summed E-state index contributed by atoms with van der Waals surface area (Å²) in [5.74, 6) is -0.0308. The number of hydrogen-bond acceptors (Lipinski definition) is 4. The molecule has 0 saturated carbocycles. The summed E-state index contributed by atoms with van der Waals surface area (Å²) in [7, 11) is 0. The van der Waals surface area contributed by atoms with E-state index in [1.54, 1.807) is 0 Å². The molecule has 0 rings (SSSR count). The van der Waals surface area contributed by atoms with Gasteiger partial charge in [-0.25, -0.2) is 0 Å². The van der Waals surface area contributed by atoms with Gasteiger partial charge in [0.2, 0.25) is 0 Å². The first-order valence-electron chi connectivity index (χ1n) is 8.40. The maximum absolute atomic E-state index is 11.8.